The first-order valence-corrected chi connectivity index (χ1v) is 8.61. The first-order chi connectivity index (χ1) is 11.4. The van der Waals surface area contributed by atoms with Crippen molar-refractivity contribution in [3.63, 3.8) is 0 Å². The lowest BCUT2D eigenvalue weighted by molar-refractivity contribution is -0.139. The molecule has 8 heteroatoms. The molecular formula is C16H12F3N3S2. The number of hydrogen-bond donors (Lipinski definition) is 1. The highest BCUT2D eigenvalue weighted by atomic mass is 32.2. The molecule has 0 radical (unpaired) electrons. The molecule has 0 aliphatic carbocycles. The van der Waals surface area contributed by atoms with Crippen LogP contribution in [0.25, 0.3) is 0 Å². The van der Waals surface area contributed by atoms with E-state index in [1.54, 1.807) is 24.4 Å². The molecule has 0 bridgehead atoms. The Labute approximate surface area is 145 Å². The Bertz CT molecular complexity index is 846. The minimum atomic E-state index is -4.38. The van der Waals surface area contributed by atoms with Crippen LogP contribution in [0.2, 0.25) is 0 Å². The zero-order chi connectivity index (χ0) is 17.2. The van der Waals surface area contributed by atoms with Crippen molar-refractivity contribution >= 4 is 34.0 Å². The lowest BCUT2D eigenvalue weighted by Crippen LogP contribution is -2.06. The normalized spacial score (nSPS) is 11.5. The smallest absolute Gasteiger partial charge is 0.316 e. The van der Waals surface area contributed by atoms with Crippen molar-refractivity contribution in [3.8, 4) is 0 Å². The van der Waals surface area contributed by atoms with Gasteiger partial charge in [0.25, 0.3) is 0 Å². The first-order valence-electron chi connectivity index (χ1n) is 6.91. The van der Waals surface area contributed by atoms with Crippen molar-refractivity contribution in [2.45, 2.75) is 22.9 Å². The molecule has 1 aromatic carbocycles. The molecule has 24 heavy (non-hydrogen) atoms. The van der Waals surface area contributed by atoms with Crippen LogP contribution >= 0.6 is 23.1 Å². The molecule has 0 aliphatic rings. The Morgan fingerprint density at radius 3 is 2.67 bits per heavy atom. The predicted molar refractivity (Wildman–Crippen MR) is 89.9 cm³/mol. The molecule has 2 aromatic heterocycles. The molecule has 0 aliphatic heterocycles. The fourth-order valence-corrected chi connectivity index (χ4v) is 3.67. The zero-order valence-corrected chi connectivity index (χ0v) is 14.1. The quantitative estimate of drug-likeness (QED) is 0.636. The lowest BCUT2D eigenvalue weighted by Gasteiger charge is -2.12. The molecule has 0 fully saturated rings. The van der Waals surface area contributed by atoms with Gasteiger partial charge in [0.15, 0.2) is 5.13 Å². The topological polar surface area (TPSA) is 37.8 Å². The minimum absolute atomic E-state index is 0.159. The van der Waals surface area contributed by atoms with E-state index < -0.39 is 11.7 Å². The van der Waals surface area contributed by atoms with Gasteiger partial charge in [-0.25, -0.2) is 9.97 Å². The Hall–Kier alpha value is -2.06. The van der Waals surface area contributed by atoms with Crippen molar-refractivity contribution in [3.05, 3.63) is 59.2 Å². The van der Waals surface area contributed by atoms with Crippen LogP contribution < -0.4 is 5.32 Å². The highest BCUT2D eigenvalue weighted by molar-refractivity contribution is 7.99. The van der Waals surface area contributed by atoms with Crippen LogP contribution in [0.4, 0.5) is 24.1 Å². The van der Waals surface area contributed by atoms with E-state index in [4.69, 9.17) is 0 Å². The molecule has 0 atom stereocenters. The summed E-state index contributed by atoms with van der Waals surface area (Å²) in [6.45, 7) is 1.88. The number of alkyl halides is 3. The second kappa shape index (κ2) is 6.82. The number of nitrogens with one attached hydrogen (secondary N) is 1. The highest BCUT2D eigenvalue weighted by Gasteiger charge is 2.33. The summed E-state index contributed by atoms with van der Waals surface area (Å²) in [4.78, 5) is 9.28. The summed E-state index contributed by atoms with van der Waals surface area (Å²) >= 11 is 2.50. The van der Waals surface area contributed by atoms with Crippen molar-refractivity contribution in [2.75, 3.05) is 5.32 Å². The summed E-state index contributed by atoms with van der Waals surface area (Å²) < 4.78 is 39.2. The second-order valence-electron chi connectivity index (χ2n) is 4.89. The van der Waals surface area contributed by atoms with Gasteiger partial charge in [-0.2, -0.15) is 13.2 Å². The zero-order valence-electron chi connectivity index (χ0n) is 12.5. The highest BCUT2D eigenvalue weighted by Crippen LogP contribution is 2.39. The second-order valence-corrected chi connectivity index (χ2v) is 6.87. The van der Waals surface area contributed by atoms with E-state index in [0.29, 0.717) is 15.8 Å². The van der Waals surface area contributed by atoms with Gasteiger partial charge in [0, 0.05) is 21.4 Å². The minimum Gasteiger partial charge on any atom is -0.316 e. The fraction of sp³-hybridized carbons (Fsp3) is 0.125. The summed E-state index contributed by atoms with van der Waals surface area (Å²) in [5.74, 6) is 0.541. The van der Waals surface area contributed by atoms with Crippen LogP contribution in [0, 0.1) is 6.92 Å². The van der Waals surface area contributed by atoms with Gasteiger partial charge in [0.05, 0.1) is 11.3 Å². The summed E-state index contributed by atoms with van der Waals surface area (Å²) in [7, 11) is 0. The summed E-state index contributed by atoms with van der Waals surface area (Å²) in [5, 5.41) is 5.65. The SMILES string of the molecule is Cc1csc(Nc2cc(Sc3ccccc3C(F)(F)F)ccn2)n1. The largest absolute Gasteiger partial charge is 0.417 e. The molecule has 124 valence electrons. The number of pyridine rings is 1. The molecule has 0 spiro atoms. The average molecular weight is 367 g/mol. The van der Waals surface area contributed by atoms with Gasteiger partial charge in [0.1, 0.15) is 5.82 Å². The first kappa shape index (κ1) is 16.8. The van der Waals surface area contributed by atoms with Gasteiger partial charge in [-0.15, -0.1) is 11.3 Å². The van der Waals surface area contributed by atoms with Crippen LogP contribution in [0.15, 0.2) is 57.8 Å². The summed E-state index contributed by atoms with van der Waals surface area (Å²) in [6.07, 6.45) is -2.82. The number of anilines is 2. The van der Waals surface area contributed by atoms with Crippen molar-refractivity contribution < 1.29 is 13.2 Å². The monoisotopic (exact) mass is 367 g/mol. The number of nitrogens with zero attached hydrogens (tertiary/aromatic N) is 2. The molecule has 2 heterocycles. The van der Waals surface area contributed by atoms with E-state index in [-0.39, 0.29) is 4.90 Å². The fourth-order valence-electron chi connectivity index (χ4n) is 1.98. The van der Waals surface area contributed by atoms with Crippen LogP contribution in [0.5, 0.6) is 0 Å². The van der Waals surface area contributed by atoms with E-state index >= 15 is 0 Å². The number of benzene rings is 1. The Balaban J connectivity index is 1.83. The van der Waals surface area contributed by atoms with Crippen LogP contribution in [-0.2, 0) is 6.18 Å². The molecule has 3 rings (SSSR count). The van der Waals surface area contributed by atoms with Crippen LogP contribution in [0.1, 0.15) is 11.3 Å². The Morgan fingerprint density at radius 2 is 1.96 bits per heavy atom. The third kappa shape index (κ3) is 4.07. The van der Waals surface area contributed by atoms with E-state index in [9.17, 15) is 13.2 Å². The number of rotatable bonds is 4. The molecule has 0 amide bonds. The van der Waals surface area contributed by atoms with E-state index in [2.05, 4.69) is 15.3 Å². The van der Waals surface area contributed by atoms with Gasteiger partial charge in [-0.3, -0.25) is 0 Å². The number of thiazole rings is 1. The molecular weight excluding hydrogens is 355 g/mol. The van der Waals surface area contributed by atoms with Gasteiger partial charge < -0.3 is 5.32 Å². The Morgan fingerprint density at radius 1 is 1.17 bits per heavy atom. The van der Waals surface area contributed by atoms with Crippen molar-refractivity contribution in [1.82, 2.24) is 9.97 Å². The molecule has 3 aromatic rings. The van der Waals surface area contributed by atoms with Crippen molar-refractivity contribution in [2.24, 2.45) is 0 Å². The van der Waals surface area contributed by atoms with E-state index in [0.717, 1.165) is 23.5 Å². The summed E-state index contributed by atoms with van der Waals surface area (Å²) in [6, 6.07) is 8.91. The molecule has 1 N–H and O–H groups in total. The molecule has 0 saturated carbocycles. The third-order valence-corrected chi connectivity index (χ3v) is 4.95. The number of aryl methyl sites for hydroxylation is 1. The maximum atomic E-state index is 13.1. The van der Waals surface area contributed by atoms with Gasteiger partial charge >= 0.3 is 6.18 Å². The summed E-state index contributed by atoms with van der Waals surface area (Å²) in [5.41, 5.74) is 0.254. The molecule has 0 saturated heterocycles. The molecule has 0 unspecified atom stereocenters. The number of halogens is 3. The van der Waals surface area contributed by atoms with Gasteiger partial charge in [-0.1, -0.05) is 23.9 Å². The van der Waals surface area contributed by atoms with Gasteiger partial charge in [0.2, 0.25) is 0 Å². The maximum absolute atomic E-state index is 13.1. The average Bonchev–Trinajstić information content (AvgIpc) is 2.92. The van der Waals surface area contributed by atoms with E-state index in [1.165, 1.54) is 23.5 Å². The van der Waals surface area contributed by atoms with E-state index in [1.807, 2.05) is 12.3 Å². The maximum Gasteiger partial charge on any atom is 0.417 e. The third-order valence-electron chi connectivity index (χ3n) is 3.01. The van der Waals surface area contributed by atoms with Gasteiger partial charge in [-0.05, 0) is 31.2 Å². The lowest BCUT2D eigenvalue weighted by atomic mass is 10.2. The Kier molecular flexibility index (Phi) is 4.77. The standard InChI is InChI=1S/C16H12F3N3S2/c1-10-9-23-15(21-10)22-14-8-11(6-7-20-14)24-13-5-3-2-4-12(13)16(17,18)19/h2-9H,1H3,(H,20,21,22). The van der Waals surface area contributed by atoms with Crippen molar-refractivity contribution in [1.29, 1.82) is 0 Å². The van der Waals surface area contributed by atoms with Crippen LogP contribution in [-0.4, -0.2) is 9.97 Å². The molecule has 3 nitrogen and oxygen atoms in total. The predicted octanol–water partition coefficient (Wildman–Crippen LogP) is 5.76. The van der Waals surface area contributed by atoms with Crippen LogP contribution in [0.3, 0.4) is 0 Å². The number of hydrogen-bond acceptors (Lipinski definition) is 5. The number of aromatic nitrogens is 2.